The number of piperazine rings is 1. The van der Waals surface area contributed by atoms with Crippen molar-refractivity contribution in [2.45, 2.75) is 6.92 Å². The Morgan fingerprint density at radius 2 is 1.79 bits per heavy atom. The van der Waals surface area contributed by atoms with E-state index in [2.05, 4.69) is 4.90 Å². The van der Waals surface area contributed by atoms with E-state index in [-0.39, 0.29) is 5.75 Å². The van der Waals surface area contributed by atoms with Gasteiger partial charge in [0.15, 0.2) is 0 Å². The van der Waals surface area contributed by atoms with Crippen LogP contribution in [0.2, 0.25) is 10.0 Å². The number of hydrogen-bond donors (Lipinski definition) is 0. The van der Waals surface area contributed by atoms with Crippen LogP contribution in [0, 0.1) is 0 Å². The van der Waals surface area contributed by atoms with Gasteiger partial charge in [-0.05, 0) is 19.1 Å². The summed E-state index contributed by atoms with van der Waals surface area (Å²) in [6, 6.07) is 5.49. The number of sulfonamides is 1. The van der Waals surface area contributed by atoms with Gasteiger partial charge in [-0.15, -0.1) is 0 Å². The van der Waals surface area contributed by atoms with Gasteiger partial charge in [0.25, 0.3) is 0 Å². The highest BCUT2D eigenvalue weighted by Crippen LogP contribution is 2.33. The van der Waals surface area contributed by atoms with Crippen LogP contribution < -0.4 is 4.90 Å². The largest absolute Gasteiger partial charge is 0.368 e. The molecule has 1 aliphatic heterocycles. The van der Waals surface area contributed by atoms with Crippen molar-refractivity contribution in [1.29, 1.82) is 0 Å². The molecule has 106 valence electrons. The van der Waals surface area contributed by atoms with Crippen LogP contribution in [-0.4, -0.2) is 44.7 Å². The van der Waals surface area contributed by atoms with Gasteiger partial charge in [0.05, 0.1) is 21.5 Å². The second-order valence-corrected chi connectivity index (χ2v) is 7.40. The third-order valence-electron chi connectivity index (χ3n) is 3.27. The average molecular weight is 323 g/mol. The molecule has 0 atom stereocenters. The molecule has 0 saturated carbocycles. The van der Waals surface area contributed by atoms with Gasteiger partial charge in [0.1, 0.15) is 0 Å². The molecule has 1 aromatic carbocycles. The summed E-state index contributed by atoms with van der Waals surface area (Å²) in [4.78, 5) is 2.07. The van der Waals surface area contributed by atoms with E-state index in [1.54, 1.807) is 13.0 Å². The van der Waals surface area contributed by atoms with Crippen molar-refractivity contribution in [1.82, 2.24) is 4.31 Å². The molecule has 1 aromatic rings. The lowest BCUT2D eigenvalue weighted by atomic mass is 10.2. The summed E-state index contributed by atoms with van der Waals surface area (Å²) in [6.45, 7) is 3.88. The van der Waals surface area contributed by atoms with Crippen molar-refractivity contribution >= 4 is 38.9 Å². The standard InChI is InChI=1S/C12H16Cl2N2O2S/c1-2-19(17,18)16-8-6-15(7-9-16)11-5-3-4-10(13)12(11)14/h3-5H,2,6-9H2,1H3. The summed E-state index contributed by atoms with van der Waals surface area (Å²) in [6.07, 6.45) is 0. The zero-order valence-electron chi connectivity index (χ0n) is 10.6. The monoisotopic (exact) mass is 322 g/mol. The average Bonchev–Trinajstić information content (AvgIpc) is 2.42. The van der Waals surface area contributed by atoms with Crippen LogP contribution in [0.1, 0.15) is 6.92 Å². The summed E-state index contributed by atoms with van der Waals surface area (Å²) in [5.41, 5.74) is 0.864. The highest BCUT2D eigenvalue weighted by molar-refractivity contribution is 7.89. The van der Waals surface area contributed by atoms with Gasteiger partial charge in [0.2, 0.25) is 10.0 Å². The van der Waals surface area contributed by atoms with E-state index < -0.39 is 10.0 Å². The van der Waals surface area contributed by atoms with Crippen LogP contribution in [0.3, 0.4) is 0 Å². The molecule has 2 rings (SSSR count). The summed E-state index contributed by atoms with van der Waals surface area (Å²) >= 11 is 12.2. The summed E-state index contributed by atoms with van der Waals surface area (Å²) in [5.74, 6) is 0.144. The number of rotatable bonds is 3. The van der Waals surface area contributed by atoms with Gasteiger partial charge < -0.3 is 4.90 Å². The van der Waals surface area contributed by atoms with Crippen LogP contribution in [0.15, 0.2) is 18.2 Å². The number of benzene rings is 1. The minimum absolute atomic E-state index is 0.144. The van der Waals surface area contributed by atoms with Gasteiger partial charge in [0, 0.05) is 26.2 Å². The molecule has 0 N–H and O–H groups in total. The molecule has 0 aromatic heterocycles. The van der Waals surface area contributed by atoms with E-state index in [4.69, 9.17) is 23.2 Å². The maximum Gasteiger partial charge on any atom is 0.213 e. The van der Waals surface area contributed by atoms with Gasteiger partial charge in [-0.1, -0.05) is 29.3 Å². The Kier molecular flexibility index (Phi) is 4.61. The van der Waals surface area contributed by atoms with Gasteiger partial charge >= 0.3 is 0 Å². The second-order valence-electron chi connectivity index (χ2n) is 4.36. The van der Waals surface area contributed by atoms with Crippen molar-refractivity contribution < 1.29 is 8.42 Å². The molecule has 1 aliphatic rings. The second kappa shape index (κ2) is 5.87. The van der Waals surface area contributed by atoms with Crippen molar-refractivity contribution in [3.05, 3.63) is 28.2 Å². The molecule has 4 nitrogen and oxygen atoms in total. The Morgan fingerprint density at radius 1 is 1.16 bits per heavy atom. The number of anilines is 1. The molecule has 0 amide bonds. The summed E-state index contributed by atoms with van der Waals surface area (Å²) in [7, 11) is -3.10. The van der Waals surface area contributed by atoms with E-state index >= 15 is 0 Å². The minimum atomic E-state index is -3.10. The molecule has 0 spiro atoms. The van der Waals surface area contributed by atoms with Crippen molar-refractivity contribution in [2.24, 2.45) is 0 Å². The third kappa shape index (κ3) is 3.16. The highest BCUT2D eigenvalue weighted by atomic mass is 35.5. The predicted octanol–water partition coefficient (Wildman–Crippen LogP) is 2.47. The lowest BCUT2D eigenvalue weighted by molar-refractivity contribution is 0.385. The topological polar surface area (TPSA) is 40.6 Å². The van der Waals surface area contributed by atoms with Crippen LogP contribution >= 0.6 is 23.2 Å². The summed E-state index contributed by atoms with van der Waals surface area (Å²) in [5, 5.41) is 1.04. The Balaban J connectivity index is 2.10. The Hall–Kier alpha value is -0.490. The van der Waals surface area contributed by atoms with E-state index in [0.717, 1.165) is 5.69 Å². The smallest absolute Gasteiger partial charge is 0.213 e. The molecule has 7 heteroatoms. The number of hydrogen-bond acceptors (Lipinski definition) is 3. The van der Waals surface area contributed by atoms with E-state index in [1.807, 2.05) is 12.1 Å². The molecule has 1 heterocycles. The summed E-state index contributed by atoms with van der Waals surface area (Å²) < 4.78 is 25.1. The van der Waals surface area contributed by atoms with Crippen molar-refractivity contribution in [2.75, 3.05) is 36.8 Å². The molecule has 1 fully saturated rings. The van der Waals surface area contributed by atoms with E-state index in [1.165, 1.54) is 4.31 Å². The first kappa shape index (κ1) is 14.9. The molecule has 0 unspecified atom stereocenters. The Bertz CT molecular complexity index is 555. The van der Waals surface area contributed by atoms with Crippen LogP contribution in [0.25, 0.3) is 0 Å². The molecular formula is C12H16Cl2N2O2S. The third-order valence-corrected chi connectivity index (χ3v) is 5.96. The first-order chi connectivity index (χ1) is 8.95. The minimum Gasteiger partial charge on any atom is -0.368 e. The molecule has 0 radical (unpaired) electrons. The maximum atomic E-state index is 11.8. The van der Waals surface area contributed by atoms with Gasteiger partial charge in [-0.2, -0.15) is 4.31 Å². The van der Waals surface area contributed by atoms with E-state index in [0.29, 0.717) is 36.2 Å². The Labute approximate surface area is 124 Å². The first-order valence-electron chi connectivity index (χ1n) is 6.12. The number of halogens is 2. The fourth-order valence-corrected chi connectivity index (χ4v) is 3.63. The quantitative estimate of drug-likeness (QED) is 0.858. The highest BCUT2D eigenvalue weighted by Gasteiger charge is 2.26. The fourth-order valence-electron chi connectivity index (χ4n) is 2.13. The fraction of sp³-hybridized carbons (Fsp3) is 0.500. The van der Waals surface area contributed by atoms with Gasteiger partial charge in [-0.25, -0.2) is 8.42 Å². The molecular weight excluding hydrogens is 307 g/mol. The molecule has 0 bridgehead atoms. The lowest BCUT2D eigenvalue weighted by Gasteiger charge is -2.35. The van der Waals surface area contributed by atoms with Crippen LogP contribution in [0.5, 0.6) is 0 Å². The molecule has 1 saturated heterocycles. The van der Waals surface area contributed by atoms with Crippen LogP contribution in [0.4, 0.5) is 5.69 Å². The zero-order chi connectivity index (χ0) is 14.0. The predicted molar refractivity (Wildman–Crippen MR) is 79.7 cm³/mol. The SMILES string of the molecule is CCS(=O)(=O)N1CCN(c2cccc(Cl)c2Cl)CC1. The Morgan fingerprint density at radius 3 is 2.37 bits per heavy atom. The molecule has 0 aliphatic carbocycles. The number of nitrogens with zero attached hydrogens (tertiary/aromatic N) is 2. The normalized spacial score (nSPS) is 17.7. The van der Waals surface area contributed by atoms with E-state index in [9.17, 15) is 8.42 Å². The first-order valence-corrected chi connectivity index (χ1v) is 8.49. The van der Waals surface area contributed by atoms with Crippen LogP contribution in [-0.2, 0) is 10.0 Å². The van der Waals surface area contributed by atoms with Crippen molar-refractivity contribution in [3.8, 4) is 0 Å². The van der Waals surface area contributed by atoms with Crippen molar-refractivity contribution in [3.63, 3.8) is 0 Å². The lowest BCUT2D eigenvalue weighted by Crippen LogP contribution is -2.49. The zero-order valence-corrected chi connectivity index (χ0v) is 13.0. The maximum absolute atomic E-state index is 11.8. The van der Waals surface area contributed by atoms with Gasteiger partial charge in [-0.3, -0.25) is 0 Å². The molecule has 19 heavy (non-hydrogen) atoms.